The predicted molar refractivity (Wildman–Crippen MR) is 92.9 cm³/mol. The van der Waals surface area contributed by atoms with E-state index < -0.39 is 23.5 Å². The van der Waals surface area contributed by atoms with Crippen molar-refractivity contribution in [2.45, 2.75) is 13.0 Å². The number of carbonyl (C=O) groups excluding carboxylic acids is 1. The van der Waals surface area contributed by atoms with Crippen molar-refractivity contribution in [3.8, 4) is 11.5 Å². The summed E-state index contributed by atoms with van der Waals surface area (Å²) >= 11 is 0. The molecular weight excluding hydrogens is 360 g/mol. The molecule has 0 aliphatic carbocycles. The van der Waals surface area contributed by atoms with Gasteiger partial charge in [-0.05, 0) is 29.8 Å². The Morgan fingerprint density at radius 3 is 2.15 bits per heavy atom. The fourth-order valence-electron chi connectivity index (χ4n) is 2.45. The van der Waals surface area contributed by atoms with E-state index in [2.05, 4.69) is 0 Å². The molecule has 0 radical (unpaired) electrons. The number of carboxylic acids is 1. The molecule has 0 saturated heterocycles. The minimum Gasteiger partial charge on any atom is -0.497 e. The van der Waals surface area contributed by atoms with Gasteiger partial charge in [0.15, 0.2) is 11.6 Å². The normalized spacial score (nSPS) is 10.4. The Morgan fingerprint density at radius 2 is 1.63 bits per heavy atom. The molecule has 0 aliphatic rings. The van der Waals surface area contributed by atoms with Crippen LogP contribution in [0, 0.1) is 11.6 Å². The lowest BCUT2D eigenvalue weighted by Crippen LogP contribution is -2.32. The van der Waals surface area contributed by atoms with E-state index in [0.29, 0.717) is 17.1 Å². The summed E-state index contributed by atoms with van der Waals surface area (Å²) in [5.41, 5.74) is 0.557. The number of aliphatic carboxylic acids is 1. The standard InChI is InChI=1S/C19H19F2NO5/c1-26-14-8-13(9-15(10-14)27-2)19(25)22(6-5-18(23)24)11-12-3-4-16(20)17(21)7-12/h3-4,7-10H,5-6,11H2,1-2H3,(H,23,24). The Hall–Kier alpha value is -3.16. The molecule has 0 saturated carbocycles. The number of methoxy groups -OCH3 is 2. The molecule has 144 valence electrons. The van der Waals surface area contributed by atoms with Gasteiger partial charge in [0.2, 0.25) is 0 Å². The van der Waals surface area contributed by atoms with Gasteiger partial charge in [0.05, 0.1) is 20.6 Å². The van der Waals surface area contributed by atoms with E-state index in [0.717, 1.165) is 12.1 Å². The maximum absolute atomic E-state index is 13.5. The van der Waals surface area contributed by atoms with Crippen molar-refractivity contribution in [2.24, 2.45) is 0 Å². The number of carboxylic acid groups (broad SMARTS) is 1. The zero-order valence-electron chi connectivity index (χ0n) is 14.9. The number of carbonyl (C=O) groups is 2. The maximum atomic E-state index is 13.5. The average Bonchev–Trinajstić information content (AvgIpc) is 2.66. The number of hydrogen-bond donors (Lipinski definition) is 1. The number of nitrogens with zero attached hydrogens (tertiary/aromatic N) is 1. The smallest absolute Gasteiger partial charge is 0.305 e. The maximum Gasteiger partial charge on any atom is 0.305 e. The summed E-state index contributed by atoms with van der Waals surface area (Å²) in [4.78, 5) is 25.1. The third-order valence-electron chi connectivity index (χ3n) is 3.84. The molecule has 0 unspecified atom stereocenters. The molecule has 6 nitrogen and oxygen atoms in total. The molecule has 27 heavy (non-hydrogen) atoms. The van der Waals surface area contributed by atoms with Crippen molar-refractivity contribution in [1.29, 1.82) is 0 Å². The fourth-order valence-corrected chi connectivity index (χ4v) is 2.45. The Labute approximate surface area is 154 Å². The Morgan fingerprint density at radius 1 is 1.00 bits per heavy atom. The molecule has 0 bridgehead atoms. The average molecular weight is 379 g/mol. The fraction of sp³-hybridized carbons (Fsp3) is 0.263. The highest BCUT2D eigenvalue weighted by Crippen LogP contribution is 2.24. The number of rotatable bonds is 8. The van der Waals surface area contributed by atoms with Crippen molar-refractivity contribution in [1.82, 2.24) is 4.90 Å². The minimum atomic E-state index is -1.08. The first-order valence-corrected chi connectivity index (χ1v) is 8.02. The summed E-state index contributed by atoms with van der Waals surface area (Å²) in [7, 11) is 2.87. The van der Waals surface area contributed by atoms with Gasteiger partial charge in [0.1, 0.15) is 11.5 Å². The van der Waals surface area contributed by atoms with E-state index >= 15 is 0 Å². The second-order valence-corrected chi connectivity index (χ2v) is 5.72. The SMILES string of the molecule is COc1cc(OC)cc(C(=O)N(CCC(=O)O)Cc2ccc(F)c(F)c2)c1. The topological polar surface area (TPSA) is 76.1 Å². The highest BCUT2D eigenvalue weighted by Gasteiger charge is 2.20. The van der Waals surface area contributed by atoms with Crippen LogP contribution in [0.4, 0.5) is 8.78 Å². The highest BCUT2D eigenvalue weighted by molar-refractivity contribution is 5.95. The largest absolute Gasteiger partial charge is 0.497 e. The van der Waals surface area contributed by atoms with Gasteiger partial charge in [0.25, 0.3) is 5.91 Å². The van der Waals surface area contributed by atoms with E-state index in [4.69, 9.17) is 14.6 Å². The minimum absolute atomic E-state index is 0.0805. The summed E-state index contributed by atoms with van der Waals surface area (Å²) < 4.78 is 36.9. The highest BCUT2D eigenvalue weighted by atomic mass is 19.2. The molecular formula is C19H19F2NO5. The second kappa shape index (κ2) is 8.98. The van der Waals surface area contributed by atoms with Crippen LogP contribution in [0.1, 0.15) is 22.3 Å². The summed E-state index contributed by atoms with van der Waals surface area (Å²) in [6, 6.07) is 7.84. The number of hydrogen-bond acceptors (Lipinski definition) is 4. The molecule has 0 aromatic heterocycles. The monoisotopic (exact) mass is 379 g/mol. The van der Waals surface area contributed by atoms with Crippen LogP contribution in [0.2, 0.25) is 0 Å². The van der Waals surface area contributed by atoms with E-state index in [9.17, 15) is 18.4 Å². The quantitative estimate of drug-likeness (QED) is 0.763. The van der Waals surface area contributed by atoms with E-state index in [1.807, 2.05) is 0 Å². The predicted octanol–water partition coefficient (Wildman–Crippen LogP) is 3.10. The lowest BCUT2D eigenvalue weighted by atomic mass is 10.1. The van der Waals surface area contributed by atoms with Crippen molar-refractivity contribution < 1.29 is 33.0 Å². The van der Waals surface area contributed by atoms with Gasteiger partial charge >= 0.3 is 5.97 Å². The lowest BCUT2D eigenvalue weighted by molar-refractivity contribution is -0.137. The van der Waals surface area contributed by atoms with Gasteiger partial charge in [-0.3, -0.25) is 9.59 Å². The molecule has 2 aromatic rings. The molecule has 0 spiro atoms. The Bertz CT molecular complexity index is 819. The third-order valence-corrected chi connectivity index (χ3v) is 3.84. The molecule has 0 heterocycles. The van der Waals surface area contributed by atoms with Crippen LogP contribution in [0.25, 0.3) is 0 Å². The van der Waals surface area contributed by atoms with E-state index in [-0.39, 0.29) is 25.1 Å². The van der Waals surface area contributed by atoms with E-state index in [1.165, 1.54) is 37.3 Å². The summed E-state index contributed by atoms with van der Waals surface area (Å²) in [5.74, 6) is -2.83. The molecule has 0 aliphatic heterocycles. The van der Waals surface area contributed by atoms with Gasteiger partial charge in [-0.25, -0.2) is 8.78 Å². The first kappa shape index (κ1) is 20.2. The third kappa shape index (κ3) is 5.40. The molecule has 2 rings (SSSR count). The van der Waals surface area contributed by atoms with Crippen LogP contribution < -0.4 is 9.47 Å². The van der Waals surface area contributed by atoms with Crippen LogP contribution in [0.15, 0.2) is 36.4 Å². The molecule has 8 heteroatoms. The van der Waals surface area contributed by atoms with Crippen molar-refractivity contribution >= 4 is 11.9 Å². The second-order valence-electron chi connectivity index (χ2n) is 5.72. The summed E-state index contributed by atoms with van der Waals surface area (Å²) in [6.45, 7) is -0.185. The molecule has 1 N–H and O–H groups in total. The van der Waals surface area contributed by atoms with Crippen molar-refractivity contribution in [3.05, 3.63) is 59.2 Å². The van der Waals surface area contributed by atoms with Gasteiger partial charge in [-0.15, -0.1) is 0 Å². The van der Waals surface area contributed by atoms with Gasteiger partial charge in [-0.1, -0.05) is 6.07 Å². The first-order chi connectivity index (χ1) is 12.8. The van der Waals surface area contributed by atoms with Gasteiger partial charge in [0, 0.05) is 24.7 Å². The molecule has 2 aromatic carbocycles. The Kier molecular flexibility index (Phi) is 6.70. The Balaban J connectivity index is 2.33. The van der Waals surface area contributed by atoms with Crippen LogP contribution in [-0.2, 0) is 11.3 Å². The van der Waals surface area contributed by atoms with Gasteiger partial charge < -0.3 is 19.5 Å². The van der Waals surface area contributed by atoms with Crippen molar-refractivity contribution in [3.63, 3.8) is 0 Å². The zero-order valence-corrected chi connectivity index (χ0v) is 14.9. The zero-order chi connectivity index (χ0) is 20.0. The van der Waals surface area contributed by atoms with E-state index in [1.54, 1.807) is 6.07 Å². The summed E-state index contributed by atoms with van der Waals surface area (Å²) in [6.07, 6.45) is -0.295. The van der Waals surface area contributed by atoms with Crippen LogP contribution in [0.3, 0.4) is 0 Å². The molecule has 1 amide bonds. The van der Waals surface area contributed by atoms with Crippen molar-refractivity contribution in [2.75, 3.05) is 20.8 Å². The lowest BCUT2D eigenvalue weighted by Gasteiger charge is -2.23. The number of halogens is 2. The van der Waals surface area contributed by atoms with Crippen LogP contribution >= 0.6 is 0 Å². The molecule has 0 fully saturated rings. The van der Waals surface area contributed by atoms with Crippen LogP contribution in [0.5, 0.6) is 11.5 Å². The number of benzene rings is 2. The van der Waals surface area contributed by atoms with Crippen LogP contribution in [-0.4, -0.2) is 42.6 Å². The number of amides is 1. The van der Waals surface area contributed by atoms with Gasteiger partial charge in [-0.2, -0.15) is 0 Å². The number of ether oxygens (including phenoxy) is 2. The first-order valence-electron chi connectivity index (χ1n) is 8.02. The summed E-state index contributed by atoms with van der Waals surface area (Å²) in [5, 5.41) is 8.94. The molecule has 0 atom stereocenters.